The minimum Gasteiger partial charge on any atom is -0.392 e. The summed E-state index contributed by atoms with van der Waals surface area (Å²) in [6.45, 7) is 7.48. The van der Waals surface area contributed by atoms with Gasteiger partial charge in [0.2, 0.25) is 0 Å². The van der Waals surface area contributed by atoms with Crippen LogP contribution in [0.1, 0.15) is 38.5 Å². The van der Waals surface area contributed by atoms with Crippen LogP contribution in [-0.4, -0.2) is 11.2 Å². The van der Waals surface area contributed by atoms with Gasteiger partial charge in [0.05, 0.1) is 6.10 Å². The standard InChI is InChI=1S/C15H24O/c1-3-5-7-10-13(4-2)15(16)14-11-8-6-9-12-14/h3-5,7,13-16H,1-2,6,8-12H2/b7-5+. The average Bonchev–Trinajstić information content (AvgIpc) is 2.35. The molecule has 0 saturated heterocycles. The molecule has 0 aliphatic heterocycles. The maximum atomic E-state index is 10.3. The van der Waals surface area contributed by atoms with Crippen LogP contribution in [0.5, 0.6) is 0 Å². The lowest BCUT2D eigenvalue weighted by Gasteiger charge is -2.30. The number of rotatable bonds is 6. The van der Waals surface area contributed by atoms with Crippen LogP contribution in [-0.2, 0) is 0 Å². The minimum absolute atomic E-state index is 0.194. The fourth-order valence-electron chi connectivity index (χ4n) is 2.53. The fourth-order valence-corrected chi connectivity index (χ4v) is 2.53. The molecule has 0 heterocycles. The maximum absolute atomic E-state index is 10.3. The Morgan fingerprint density at radius 3 is 2.44 bits per heavy atom. The van der Waals surface area contributed by atoms with Crippen molar-refractivity contribution in [3.05, 3.63) is 37.5 Å². The maximum Gasteiger partial charge on any atom is 0.0633 e. The van der Waals surface area contributed by atoms with Gasteiger partial charge in [0.1, 0.15) is 0 Å². The van der Waals surface area contributed by atoms with Gasteiger partial charge >= 0.3 is 0 Å². The van der Waals surface area contributed by atoms with Gasteiger partial charge in [0.25, 0.3) is 0 Å². The van der Waals surface area contributed by atoms with Crippen LogP contribution in [0.2, 0.25) is 0 Å². The Balaban J connectivity index is 2.46. The van der Waals surface area contributed by atoms with E-state index >= 15 is 0 Å². The number of hydrogen-bond donors (Lipinski definition) is 1. The van der Waals surface area contributed by atoms with Crippen molar-refractivity contribution in [2.24, 2.45) is 11.8 Å². The summed E-state index contributed by atoms with van der Waals surface area (Å²) in [6.07, 6.45) is 14.5. The topological polar surface area (TPSA) is 20.2 Å². The Morgan fingerprint density at radius 1 is 1.19 bits per heavy atom. The molecule has 1 N–H and O–H groups in total. The zero-order valence-corrected chi connectivity index (χ0v) is 10.1. The molecule has 1 nitrogen and oxygen atoms in total. The lowest BCUT2D eigenvalue weighted by atomic mass is 9.79. The van der Waals surface area contributed by atoms with Gasteiger partial charge in [-0.05, 0) is 25.2 Å². The van der Waals surface area contributed by atoms with E-state index in [4.69, 9.17) is 0 Å². The van der Waals surface area contributed by atoms with Crippen molar-refractivity contribution in [3.8, 4) is 0 Å². The van der Waals surface area contributed by atoms with Crippen molar-refractivity contribution in [2.75, 3.05) is 0 Å². The van der Waals surface area contributed by atoms with Gasteiger partial charge < -0.3 is 5.11 Å². The molecule has 1 saturated carbocycles. The molecular formula is C15H24O. The second-order valence-corrected chi connectivity index (χ2v) is 4.69. The molecule has 1 fully saturated rings. The summed E-state index contributed by atoms with van der Waals surface area (Å²) < 4.78 is 0. The predicted molar refractivity (Wildman–Crippen MR) is 70.2 cm³/mol. The average molecular weight is 220 g/mol. The van der Waals surface area contributed by atoms with E-state index in [-0.39, 0.29) is 12.0 Å². The summed E-state index contributed by atoms with van der Waals surface area (Å²) in [5.41, 5.74) is 0. The first kappa shape index (κ1) is 13.2. The molecule has 0 aromatic carbocycles. The van der Waals surface area contributed by atoms with E-state index in [1.165, 1.54) is 32.1 Å². The predicted octanol–water partition coefficient (Wildman–Crippen LogP) is 3.86. The summed E-state index contributed by atoms with van der Waals surface area (Å²) >= 11 is 0. The van der Waals surface area contributed by atoms with Gasteiger partial charge in [-0.15, -0.1) is 6.58 Å². The highest BCUT2D eigenvalue weighted by Crippen LogP contribution is 2.31. The number of aliphatic hydroxyl groups excluding tert-OH is 1. The SMILES string of the molecule is C=C/C=C/CC(C=C)C(O)C1CCCCC1. The number of allylic oxidation sites excluding steroid dienone is 3. The highest BCUT2D eigenvalue weighted by Gasteiger charge is 2.26. The largest absolute Gasteiger partial charge is 0.392 e. The van der Waals surface area contributed by atoms with E-state index < -0.39 is 0 Å². The molecule has 1 aliphatic carbocycles. The van der Waals surface area contributed by atoms with Crippen LogP contribution in [0.4, 0.5) is 0 Å². The highest BCUT2D eigenvalue weighted by molar-refractivity contribution is 5.01. The molecule has 90 valence electrons. The molecular weight excluding hydrogens is 196 g/mol. The summed E-state index contributed by atoms with van der Waals surface area (Å²) in [4.78, 5) is 0. The Labute approximate surface area is 99.6 Å². The zero-order chi connectivity index (χ0) is 11.8. The zero-order valence-electron chi connectivity index (χ0n) is 10.1. The van der Waals surface area contributed by atoms with Crippen molar-refractivity contribution in [1.29, 1.82) is 0 Å². The Hall–Kier alpha value is -0.820. The van der Waals surface area contributed by atoms with E-state index in [2.05, 4.69) is 19.2 Å². The molecule has 0 bridgehead atoms. The summed E-state index contributed by atoms with van der Waals surface area (Å²) in [5.74, 6) is 0.674. The summed E-state index contributed by atoms with van der Waals surface area (Å²) in [6, 6.07) is 0. The smallest absolute Gasteiger partial charge is 0.0633 e. The molecule has 16 heavy (non-hydrogen) atoms. The number of aliphatic hydroxyl groups is 1. The third-order valence-corrected chi connectivity index (χ3v) is 3.55. The third kappa shape index (κ3) is 3.97. The molecule has 0 aromatic rings. The summed E-state index contributed by atoms with van der Waals surface area (Å²) in [5, 5.41) is 10.3. The molecule has 0 radical (unpaired) electrons. The van der Waals surface area contributed by atoms with Crippen LogP contribution >= 0.6 is 0 Å². The van der Waals surface area contributed by atoms with Crippen LogP contribution in [0.25, 0.3) is 0 Å². The highest BCUT2D eigenvalue weighted by atomic mass is 16.3. The van der Waals surface area contributed by atoms with Gasteiger partial charge in [0, 0.05) is 5.92 Å². The second kappa shape index (κ2) is 7.45. The van der Waals surface area contributed by atoms with Crippen molar-refractivity contribution in [1.82, 2.24) is 0 Å². The first-order valence-corrected chi connectivity index (χ1v) is 6.37. The Kier molecular flexibility index (Phi) is 6.17. The van der Waals surface area contributed by atoms with Crippen LogP contribution in [0.15, 0.2) is 37.5 Å². The van der Waals surface area contributed by atoms with Crippen molar-refractivity contribution in [2.45, 2.75) is 44.6 Å². The molecule has 1 aliphatic rings. The molecule has 0 spiro atoms. The lowest BCUT2D eigenvalue weighted by Crippen LogP contribution is -2.29. The first-order valence-electron chi connectivity index (χ1n) is 6.37. The lowest BCUT2D eigenvalue weighted by molar-refractivity contribution is 0.0508. The van der Waals surface area contributed by atoms with Gasteiger partial charge in [-0.2, -0.15) is 0 Å². The van der Waals surface area contributed by atoms with Crippen LogP contribution < -0.4 is 0 Å². The van der Waals surface area contributed by atoms with E-state index in [9.17, 15) is 5.11 Å². The van der Waals surface area contributed by atoms with Gasteiger partial charge in [-0.1, -0.05) is 50.1 Å². The molecule has 1 heteroatoms. The molecule has 1 rings (SSSR count). The van der Waals surface area contributed by atoms with E-state index in [0.29, 0.717) is 5.92 Å². The monoisotopic (exact) mass is 220 g/mol. The van der Waals surface area contributed by atoms with Gasteiger partial charge in [-0.3, -0.25) is 0 Å². The molecule has 0 amide bonds. The number of hydrogen-bond acceptors (Lipinski definition) is 1. The quantitative estimate of drug-likeness (QED) is 0.532. The van der Waals surface area contributed by atoms with E-state index in [0.717, 1.165) is 6.42 Å². The van der Waals surface area contributed by atoms with Crippen molar-refractivity contribution >= 4 is 0 Å². The fraction of sp³-hybridized carbons (Fsp3) is 0.600. The normalized spacial score (nSPS) is 21.8. The Bertz CT molecular complexity index is 236. The molecule has 2 atom stereocenters. The second-order valence-electron chi connectivity index (χ2n) is 4.69. The van der Waals surface area contributed by atoms with E-state index in [1.807, 2.05) is 12.2 Å². The molecule has 0 aromatic heterocycles. The van der Waals surface area contributed by atoms with Crippen molar-refractivity contribution in [3.63, 3.8) is 0 Å². The van der Waals surface area contributed by atoms with Crippen LogP contribution in [0, 0.1) is 11.8 Å². The van der Waals surface area contributed by atoms with Crippen molar-refractivity contribution < 1.29 is 5.11 Å². The Morgan fingerprint density at radius 2 is 1.88 bits per heavy atom. The third-order valence-electron chi connectivity index (χ3n) is 3.55. The van der Waals surface area contributed by atoms with Gasteiger partial charge in [-0.25, -0.2) is 0 Å². The first-order chi connectivity index (χ1) is 7.79. The summed E-state index contributed by atoms with van der Waals surface area (Å²) in [7, 11) is 0. The van der Waals surface area contributed by atoms with Gasteiger partial charge in [0.15, 0.2) is 0 Å². The molecule has 2 unspecified atom stereocenters. The van der Waals surface area contributed by atoms with E-state index in [1.54, 1.807) is 6.08 Å². The van der Waals surface area contributed by atoms with Crippen LogP contribution in [0.3, 0.4) is 0 Å². The minimum atomic E-state index is -0.215.